The zero-order valence-corrected chi connectivity index (χ0v) is 13.9. The van der Waals surface area contributed by atoms with Crippen LogP contribution in [0.4, 0.5) is 0 Å². The molecule has 2 aromatic rings. The Morgan fingerprint density at radius 2 is 1.64 bits per heavy atom. The van der Waals surface area contributed by atoms with E-state index in [0.29, 0.717) is 0 Å². The number of carbonyl (C=O) groups is 1. The highest BCUT2D eigenvalue weighted by Gasteiger charge is 2.03. The second kappa shape index (κ2) is 9.36. The van der Waals surface area contributed by atoms with Crippen LogP contribution in [0, 0.1) is 0 Å². The van der Waals surface area contributed by atoms with E-state index in [1.165, 1.54) is 42.2 Å². The summed E-state index contributed by atoms with van der Waals surface area (Å²) in [6, 6.07) is 8.36. The maximum absolute atomic E-state index is 10.8. The zero-order chi connectivity index (χ0) is 15.6. The Kier molecular flexibility index (Phi) is 7.10. The predicted octanol–water partition coefficient (Wildman–Crippen LogP) is 3.88. The minimum absolute atomic E-state index is 0.227. The molecule has 0 radical (unpaired) electrons. The van der Waals surface area contributed by atoms with Crippen LogP contribution in [0.3, 0.4) is 0 Å². The maximum atomic E-state index is 10.8. The van der Waals surface area contributed by atoms with Gasteiger partial charge in [-0.15, -0.1) is 0 Å². The Morgan fingerprint density at radius 3 is 2.32 bits per heavy atom. The minimum atomic E-state index is 0.227. The standard InChI is InChI=1S/C18H23N2OS/c1-16(21)22-15-5-3-2-4-12-20-13-8-18(9-14-20)17-6-10-19-11-7-17/h6-11,13-14H,2-5,12,15H2,1H3/q+1. The summed E-state index contributed by atoms with van der Waals surface area (Å²) in [6.45, 7) is 2.69. The fourth-order valence-electron chi connectivity index (χ4n) is 2.31. The average Bonchev–Trinajstić information content (AvgIpc) is 2.55. The Hall–Kier alpha value is -1.68. The van der Waals surface area contributed by atoms with Gasteiger partial charge in [-0.2, -0.15) is 0 Å². The summed E-state index contributed by atoms with van der Waals surface area (Å²) in [5.41, 5.74) is 2.42. The molecule has 22 heavy (non-hydrogen) atoms. The van der Waals surface area contributed by atoms with Crippen LogP contribution < -0.4 is 4.57 Å². The molecule has 2 rings (SSSR count). The fraction of sp³-hybridized carbons (Fsp3) is 0.389. The summed E-state index contributed by atoms with van der Waals surface area (Å²) in [5.74, 6) is 0.961. The number of hydrogen-bond acceptors (Lipinski definition) is 3. The number of aromatic nitrogens is 2. The molecule has 0 saturated heterocycles. The lowest BCUT2D eigenvalue weighted by Gasteiger charge is -2.01. The number of rotatable bonds is 8. The molecule has 0 fully saturated rings. The largest absolute Gasteiger partial charge is 0.288 e. The number of unbranched alkanes of at least 4 members (excludes halogenated alkanes) is 3. The summed E-state index contributed by atoms with van der Waals surface area (Å²) in [4.78, 5) is 14.8. The van der Waals surface area contributed by atoms with Gasteiger partial charge in [0.2, 0.25) is 0 Å². The van der Waals surface area contributed by atoms with Crippen LogP contribution in [0.15, 0.2) is 49.1 Å². The second-order valence-corrected chi connectivity index (χ2v) is 6.59. The molecule has 116 valence electrons. The van der Waals surface area contributed by atoms with Gasteiger partial charge >= 0.3 is 0 Å². The van der Waals surface area contributed by atoms with E-state index in [0.717, 1.165) is 18.7 Å². The van der Waals surface area contributed by atoms with Crippen molar-refractivity contribution in [3.8, 4) is 11.1 Å². The van der Waals surface area contributed by atoms with E-state index in [1.807, 2.05) is 24.5 Å². The van der Waals surface area contributed by atoms with Crippen molar-refractivity contribution in [1.29, 1.82) is 0 Å². The van der Waals surface area contributed by atoms with Crippen molar-refractivity contribution in [1.82, 2.24) is 4.98 Å². The molecule has 0 unspecified atom stereocenters. The first-order chi connectivity index (χ1) is 10.8. The molecule has 0 aliphatic carbocycles. The first-order valence-electron chi connectivity index (χ1n) is 7.78. The van der Waals surface area contributed by atoms with Gasteiger partial charge < -0.3 is 0 Å². The number of nitrogens with zero attached hydrogens (tertiary/aromatic N) is 2. The molecule has 0 bridgehead atoms. The molecular weight excluding hydrogens is 292 g/mol. The van der Waals surface area contributed by atoms with Gasteiger partial charge in [0.15, 0.2) is 17.5 Å². The van der Waals surface area contributed by atoms with Crippen LogP contribution in [0.1, 0.15) is 32.6 Å². The summed E-state index contributed by atoms with van der Waals surface area (Å²) in [5, 5.41) is 0.227. The third kappa shape index (κ3) is 5.98. The van der Waals surface area contributed by atoms with Crippen LogP contribution in [-0.4, -0.2) is 15.9 Å². The van der Waals surface area contributed by atoms with Gasteiger partial charge in [-0.1, -0.05) is 18.2 Å². The molecule has 0 spiro atoms. The van der Waals surface area contributed by atoms with Crippen molar-refractivity contribution in [3.63, 3.8) is 0 Å². The lowest BCUT2D eigenvalue weighted by Crippen LogP contribution is -2.32. The third-order valence-corrected chi connectivity index (χ3v) is 4.42. The number of aryl methyl sites for hydroxylation is 1. The summed E-state index contributed by atoms with van der Waals surface area (Å²) in [6.07, 6.45) is 12.7. The molecule has 0 amide bonds. The topological polar surface area (TPSA) is 33.8 Å². The molecule has 0 atom stereocenters. The SMILES string of the molecule is CC(=O)SCCCCCC[n+]1ccc(-c2ccncc2)cc1. The highest BCUT2D eigenvalue weighted by molar-refractivity contribution is 8.13. The van der Waals surface area contributed by atoms with E-state index in [2.05, 4.69) is 34.1 Å². The molecule has 4 heteroatoms. The third-order valence-electron chi connectivity index (χ3n) is 3.52. The second-order valence-electron chi connectivity index (χ2n) is 5.31. The molecule has 2 aromatic heterocycles. The van der Waals surface area contributed by atoms with Crippen molar-refractivity contribution in [2.75, 3.05) is 5.75 Å². The van der Waals surface area contributed by atoms with Gasteiger partial charge in [0.1, 0.15) is 6.54 Å². The first-order valence-corrected chi connectivity index (χ1v) is 8.77. The highest BCUT2D eigenvalue weighted by atomic mass is 32.2. The van der Waals surface area contributed by atoms with E-state index in [-0.39, 0.29) is 5.12 Å². The quantitative estimate of drug-likeness (QED) is 0.547. The lowest BCUT2D eigenvalue weighted by atomic mass is 10.1. The van der Waals surface area contributed by atoms with Crippen LogP contribution >= 0.6 is 11.8 Å². The van der Waals surface area contributed by atoms with Crippen LogP contribution in [0.5, 0.6) is 0 Å². The minimum Gasteiger partial charge on any atom is -0.288 e. The number of hydrogen-bond donors (Lipinski definition) is 0. The van der Waals surface area contributed by atoms with Crippen molar-refractivity contribution < 1.29 is 9.36 Å². The van der Waals surface area contributed by atoms with Crippen molar-refractivity contribution >= 4 is 16.9 Å². The molecular formula is C18H23N2OS+. The Balaban J connectivity index is 1.68. The smallest absolute Gasteiger partial charge is 0.185 e. The van der Waals surface area contributed by atoms with Crippen LogP contribution in [-0.2, 0) is 11.3 Å². The van der Waals surface area contributed by atoms with Gasteiger partial charge in [-0.05, 0) is 36.1 Å². The maximum Gasteiger partial charge on any atom is 0.185 e. The van der Waals surface area contributed by atoms with Crippen molar-refractivity contribution in [2.45, 2.75) is 39.2 Å². The van der Waals surface area contributed by atoms with E-state index < -0.39 is 0 Å². The van der Waals surface area contributed by atoms with E-state index in [4.69, 9.17) is 0 Å². The predicted molar refractivity (Wildman–Crippen MR) is 91.5 cm³/mol. The van der Waals surface area contributed by atoms with Gasteiger partial charge in [-0.25, -0.2) is 4.57 Å². The fourth-order valence-corrected chi connectivity index (χ4v) is 2.95. The molecule has 3 nitrogen and oxygen atoms in total. The zero-order valence-electron chi connectivity index (χ0n) is 13.1. The normalized spacial score (nSPS) is 10.6. The molecule has 0 saturated carbocycles. The molecule has 0 aliphatic heterocycles. The van der Waals surface area contributed by atoms with Gasteiger partial charge in [0.05, 0.1) is 0 Å². The van der Waals surface area contributed by atoms with Crippen molar-refractivity contribution in [2.24, 2.45) is 0 Å². The highest BCUT2D eigenvalue weighted by Crippen LogP contribution is 2.15. The van der Waals surface area contributed by atoms with Crippen molar-refractivity contribution in [3.05, 3.63) is 49.1 Å². The van der Waals surface area contributed by atoms with Gasteiger partial charge in [0.25, 0.3) is 0 Å². The van der Waals surface area contributed by atoms with E-state index in [9.17, 15) is 4.79 Å². The molecule has 0 N–H and O–H groups in total. The van der Waals surface area contributed by atoms with E-state index in [1.54, 1.807) is 6.92 Å². The molecule has 0 aromatic carbocycles. The Morgan fingerprint density at radius 1 is 1.00 bits per heavy atom. The van der Waals surface area contributed by atoms with Gasteiger partial charge in [0, 0.05) is 43.6 Å². The van der Waals surface area contributed by atoms with Crippen LogP contribution in [0.25, 0.3) is 11.1 Å². The molecule has 2 heterocycles. The summed E-state index contributed by atoms with van der Waals surface area (Å²) in [7, 11) is 0. The number of thioether (sulfide) groups is 1. The number of pyridine rings is 2. The Labute approximate surface area is 136 Å². The first kappa shape index (κ1) is 16.7. The Bertz CT molecular complexity index is 569. The summed E-state index contributed by atoms with van der Waals surface area (Å²) >= 11 is 1.44. The number of carbonyl (C=O) groups excluding carboxylic acids is 1. The summed E-state index contributed by atoms with van der Waals surface area (Å²) < 4.78 is 2.23. The van der Waals surface area contributed by atoms with Crippen LogP contribution in [0.2, 0.25) is 0 Å². The monoisotopic (exact) mass is 315 g/mol. The average molecular weight is 315 g/mol. The lowest BCUT2D eigenvalue weighted by molar-refractivity contribution is -0.697. The molecule has 0 aliphatic rings. The van der Waals surface area contributed by atoms with Gasteiger partial charge in [-0.3, -0.25) is 9.78 Å². The van der Waals surface area contributed by atoms with E-state index >= 15 is 0 Å².